The SMILES string of the molecule is CC(C)CN(CC1CCCN1)C1CC(C)C1. The van der Waals surface area contributed by atoms with Crippen LogP contribution in [0.2, 0.25) is 0 Å². The van der Waals surface area contributed by atoms with Crippen LogP contribution >= 0.6 is 0 Å². The zero-order valence-corrected chi connectivity index (χ0v) is 11.2. The smallest absolute Gasteiger partial charge is 0.0195 e. The van der Waals surface area contributed by atoms with Gasteiger partial charge in [0.2, 0.25) is 0 Å². The van der Waals surface area contributed by atoms with Gasteiger partial charge >= 0.3 is 0 Å². The van der Waals surface area contributed by atoms with Gasteiger partial charge in [-0.3, -0.25) is 4.90 Å². The van der Waals surface area contributed by atoms with Crippen molar-refractivity contribution < 1.29 is 0 Å². The second-order valence-corrected chi connectivity index (χ2v) is 6.37. The molecule has 0 radical (unpaired) electrons. The first-order chi connectivity index (χ1) is 7.65. The van der Waals surface area contributed by atoms with Gasteiger partial charge in [-0.2, -0.15) is 0 Å². The molecule has 1 N–H and O–H groups in total. The zero-order chi connectivity index (χ0) is 11.5. The predicted molar refractivity (Wildman–Crippen MR) is 69.6 cm³/mol. The molecular weight excluding hydrogens is 196 g/mol. The van der Waals surface area contributed by atoms with E-state index in [1.807, 2.05) is 0 Å². The molecule has 2 heteroatoms. The Morgan fingerprint density at radius 3 is 2.56 bits per heavy atom. The molecule has 2 fully saturated rings. The number of hydrogen-bond acceptors (Lipinski definition) is 2. The van der Waals surface area contributed by atoms with Crippen LogP contribution in [0, 0.1) is 11.8 Å². The highest BCUT2D eigenvalue weighted by atomic mass is 15.2. The highest BCUT2D eigenvalue weighted by Crippen LogP contribution is 2.32. The lowest BCUT2D eigenvalue weighted by atomic mass is 9.80. The molecule has 2 aliphatic rings. The second-order valence-electron chi connectivity index (χ2n) is 6.37. The molecule has 1 saturated carbocycles. The average molecular weight is 224 g/mol. The molecule has 1 atom stereocenters. The van der Waals surface area contributed by atoms with Crippen LogP contribution in [0.15, 0.2) is 0 Å². The quantitative estimate of drug-likeness (QED) is 0.772. The van der Waals surface area contributed by atoms with Gasteiger partial charge < -0.3 is 5.32 Å². The molecule has 0 aromatic rings. The van der Waals surface area contributed by atoms with Crippen LogP contribution in [0.3, 0.4) is 0 Å². The Kier molecular flexibility index (Phi) is 4.26. The van der Waals surface area contributed by atoms with Gasteiger partial charge in [0, 0.05) is 25.2 Å². The third kappa shape index (κ3) is 3.21. The van der Waals surface area contributed by atoms with E-state index >= 15 is 0 Å². The van der Waals surface area contributed by atoms with Crippen molar-refractivity contribution in [2.75, 3.05) is 19.6 Å². The van der Waals surface area contributed by atoms with Gasteiger partial charge in [0.05, 0.1) is 0 Å². The third-order valence-corrected chi connectivity index (χ3v) is 4.08. The van der Waals surface area contributed by atoms with Gasteiger partial charge in [-0.25, -0.2) is 0 Å². The van der Waals surface area contributed by atoms with Crippen molar-refractivity contribution in [2.24, 2.45) is 11.8 Å². The topological polar surface area (TPSA) is 15.3 Å². The van der Waals surface area contributed by atoms with Crippen molar-refractivity contribution in [2.45, 2.75) is 58.5 Å². The van der Waals surface area contributed by atoms with Crippen molar-refractivity contribution >= 4 is 0 Å². The van der Waals surface area contributed by atoms with Crippen molar-refractivity contribution in [3.8, 4) is 0 Å². The second kappa shape index (κ2) is 5.50. The standard InChI is InChI=1S/C14H28N2/c1-11(2)9-16(14-7-12(3)8-14)10-13-5-4-6-15-13/h11-15H,4-10H2,1-3H3. The number of nitrogens with zero attached hydrogens (tertiary/aromatic N) is 1. The van der Waals surface area contributed by atoms with Gasteiger partial charge in [-0.1, -0.05) is 20.8 Å². The lowest BCUT2D eigenvalue weighted by Crippen LogP contribution is -2.49. The van der Waals surface area contributed by atoms with E-state index in [2.05, 4.69) is 31.0 Å². The summed E-state index contributed by atoms with van der Waals surface area (Å²) in [5.74, 6) is 1.77. The Bertz CT molecular complexity index is 203. The number of hydrogen-bond donors (Lipinski definition) is 1. The van der Waals surface area contributed by atoms with Crippen LogP contribution in [0.1, 0.15) is 46.5 Å². The van der Waals surface area contributed by atoms with E-state index in [9.17, 15) is 0 Å². The largest absolute Gasteiger partial charge is 0.313 e. The van der Waals surface area contributed by atoms with Gasteiger partial charge in [0.25, 0.3) is 0 Å². The molecule has 2 nitrogen and oxygen atoms in total. The lowest BCUT2D eigenvalue weighted by molar-refractivity contribution is 0.0684. The van der Waals surface area contributed by atoms with E-state index in [1.165, 1.54) is 45.3 Å². The van der Waals surface area contributed by atoms with Crippen molar-refractivity contribution in [3.05, 3.63) is 0 Å². The van der Waals surface area contributed by atoms with Crippen LogP contribution < -0.4 is 5.32 Å². The first-order valence-electron chi connectivity index (χ1n) is 7.12. The third-order valence-electron chi connectivity index (χ3n) is 4.08. The molecule has 16 heavy (non-hydrogen) atoms. The average Bonchev–Trinajstić information content (AvgIpc) is 2.64. The molecular formula is C14H28N2. The minimum absolute atomic E-state index is 0.773. The molecule has 1 saturated heterocycles. The molecule has 94 valence electrons. The summed E-state index contributed by atoms with van der Waals surface area (Å²) in [6, 6.07) is 1.66. The fourth-order valence-corrected chi connectivity index (χ4v) is 3.20. The van der Waals surface area contributed by atoms with Crippen LogP contribution in [-0.2, 0) is 0 Å². The maximum Gasteiger partial charge on any atom is 0.0195 e. The van der Waals surface area contributed by atoms with E-state index in [0.717, 1.165) is 23.9 Å². The molecule has 0 spiro atoms. The number of rotatable bonds is 5. The predicted octanol–water partition coefficient (Wildman–Crippen LogP) is 2.49. The molecule has 0 amide bonds. The van der Waals surface area contributed by atoms with E-state index in [-0.39, 0.29) is 0 Å². The summed E-state index contributed by atoms with van der Waals surface area (Å²) >= 11 is 0. The summed E-state index contributed by atoms with van der Waals surface area (Å²) in [7, 11) is 0. The molecule has 1 heterocycles. The Balaban J connectivity index is 1.81. The van der Waals surface area contributed by atoms with Crippen LogP contribution in [0.25, 0.3) is 0 Å². The van der Waals surface area contributed by atoms with E-state index in [1.54, 1.807) is 0 Å². The van der Waals surface area contributed by atoms with Crippen molar-refractivity contribution in [1.82, 2.24) is 10.2 Å². The summed E-state index contributed by atoms with van der Waals surface area (Å²) < 4.78 is 0. The van der Waals surface area contributed by atoms with Gasteiger partial charge in [0.15, 0.2) is 0 Å². The van der Waals surface area contributed by atoms with Gasteiger partial charge in [0.1, 0.15) is 0 Å². The minimum Gasteiger partial charge on any atom is -0.313 e. The highest BCUT2D eigenvalue weighted by molar-refractivity contribution is 4.88. The highest BCUT2D eigenvalue weighted by Gasteiger charge is 2.32. The summed E-state index contributed by atoms with van der Waals surface area (Å²) in [4.78, 5) is 2.76. The van der Waals surface area contributed by atoms with Crippen LogP contribution in [0.4, 0.5) is 0 Å². The Morgan fingerprint density at radius 1 is 1.31 bits per heavy atom. The Labute approximate surface area is 101 Å². The molecule has 0 aromatic carbocycles. The monoisotopic (exact) mass is 224 g/mol. The van der Waals surface area contributed by atoms with Crippen LogP contribution in [-0.4, -0.2) is 36.6 Å². The van der Waals surface area contributed by atoms with E-state index in [0.29, 0.717) is 0 Å². The minimum atomic E-state index is 0.773. The number of nitrogens with one attached hydrogen (secondary N) is 1. The maximum absolute atomic E-state index is 3.63. The maximum atomic E-state index is 3.63. The molecule has 0 bridgehead atoms. The van der Waals surface area contributed by atoms with Gasteiger partial charge in [-0.05, 0) is 44.1 Å². The first kappa shape index (κ1) is 12.4. The fraction of sp³-hybridized carbons (Fsp3) is 1.00. The van der Waals surface area contributed by atoms with Gasteiger partial charge in [-0.15, -0.1) is 0 Å². The van der Waals surface area contributed by atoms with E-state index in [4.69, 9.17) is 0 Å². The lowest BCUT2D eigenvalue weighted by Gasteiger charge is -2.43. The normalized spacial score (nSPS) is 34.7. The molecule has 1 aliphatic carbocycles. The summed E-state index contributed by atoms with van der Waals surface area (Å²) in [6.45, 7) is 10.9. The molecule has 1 aliphatic heterocycles. The fourth-order valence-electron chi connectivity index (χ4n) is 3.20. The zero-order valence-electron chi connectivity index (χ0n) is 11.2. The molecule has 0 aromatic heterocycles. The summed E-state index contributed by atoms with van der Waals surface area (Å²) in [6.07, 6.45) is 5.62. The first-order valence-corrected chi connectivity index (χ1v) is 7.12. The summed E-state index contributed by atoms with van der Waals surface area (Å²) in [5, 5.41) is 3.63. The summed E-state index contributed by atoms with van der Waals surface area (Å²) in [5.41, 5.74) is 0. The molecule has 2 rings (SSSR count). The van der Waals surface area contributed by atoms with Crippen molar-refractivity contribution in [3.63, 3.8) is 0 Å². The molecule has 1 unspecified atom stereocenters. The Hall–Kier alpha value is -0.0800. The van der Waals surface area contributed by atoms with E-state index < -0.39 is 0 Å². The Morgan fingerprint density at radius 2 is 2.06 bits per heavy atom. The van der Waals surface area contributed by atoms with Crippen LogP contribution in [0.5, 0.6) is 0 Å². The van der Waals surface area contributed by atoms with Crippen molar-refractivity contribution in [1.29, 1.82) is 0 Å².